The number of nitro groups is 1. The van der Waals surface area contributed by atoms with Gasteiger partial charge in [-0.05, 0) is 24.3 Å². The summed E-state index contributed by atoms with van der Waals surface area (Å²) in [6.45, 7) is 0. The van der Waals surface area contributed by atoms with Gasteiger partial charge in [-0.3, -0.25) is 10.1 Å². The third-order valence-electron chi connectivity index (χ3n) is 3.10. The fraction of sp³-hybridized carbons (Fsp3) is 0. The molecule has 0 aliphatic carbocycles. The molecule has 1 heterocycles. The number of anilines is 1. The first kappa shape index (κ1) is 12.1. The second kappa shape index (κ2) is 4.62. The highest BCUT2D eigenvalue weighted by molar-refractivity contribution is 5.90. The second-order valence-electron chi connectivity index (χ2n) is 4.42. The van der Waals surface area contributed by atoms with Gasteiger partial charge in [0.25, 0.3) is 5.69 Å². The lowest BCUT2D eigenvalue weighted by molar-refractivity contribution is -0.383. The van der Waals surface area contributed by atoms with Crippen molar-refractivity contribution in [2.45, 2.75) is 0 Å². The molecule has 0 unspecified atom stereocenters. The molecule has 0 spiro atoms. The van der Waals surface area contributed by atoms with Crippen LogP contribution in [0.25, 0.3) is 22.2 Å². The van der Waals surface area contributed by atoms with Crippen molar-refractivity contribution in [1.82, 2.24) is 4.98 Å². The van der Waals surface area contributed by atoms with Crippen molar-refractivity contribution in [1.29, 1.82) is 0 Å². The monoisotopic (exact) mass is 265 g/mol. The highest BCUT2D eigenvalue weighted by atomic mass is 16.6. The van der Waals surface area contributed by atoms with Crippen LogP contribution >= 0.6 is 0 Å². The summed E-state index contributed by atoms with van der Waals surface area (Å²) >= 11 is 0. The summed E-state index contributed by atoms with van der Waals surface area (Å²) < 4.78 is 0. The Hall–Kier alpha value is -2.95. The molecular weight excluding hydrogens is 254 g/mol. The Morgan fingerprint density at radius 3 is 2.45 bits per heavy atom. The van der Waals surface area contributed by atoms with E-state index in [0.29, 0.717) is 22.3 Å². The van der Waals surface area contributed by atoms with Gasteiger partial charge in [0, 0.05) is 17.3 Å². The zero-order chi connectivity index (χ0) is 14.1. The first-order valence-corrected chi connectivity index (χ1v) is 6.05. The Balaban J connectivity index is 2.27. The van der Waals surface area contributed by atoms with Crippen LogP contribution in [0.2, 0.25) is 0 Å². The molecule has 98 valence electrons. The highest BCUT2D eigenvalue weighted by Crippen LogP contribution is 2.29. The molecule has 0 saturated heterocycles. The molecule has 0 aliphatic heterocycles. The number of fused-ring (bicyclic) bond motifs is 1. The largest absolute Gasteiger partial charge is 0.399 e. The van der Waals surface area contributed by atoms with Gasteiger partial charge in [0.15, 0.2) is 0 Å². The molecule has 5 nitrogen and oxygen atoms in total. The lowest BCUT2D eigenvalue weighted by Crippen LogP contribution is -1.94. The molecule has 0 atom stereocenters. The van der Waals surface area contributed by atoms with Crippen LogP contribution in [0, 0.1) is 10.1 Å². The number of benzene rings is 2. The first-order valence-electron chi connectivity index (χ1n) is 6.05. The average molecular weight is 265 g/mol. The van der Waals surface area contributed by atoms with Crippen molar-refractivity contribution in [3.8, 4) is 11.3 Å². The van der Waals surface area contributed by atoms with E-state index in [1.54, 1.807) is 42.5 Å². The molecule has 20 heavy (non-hydrogen) atoms. The number of hydrogen-bond donors (Lipinski definition) is 1. The maximum absolute atomic E-state index is 11.2. The molecule has 2 aromatic carbocycles. The van der Waals surface area contributed by atoms with E-state index in [-0.39, 0.29) is 10.6 Å². The number of para-hydroxylation sites is 1. The summed E-state index contributed by atoms with van der Waals surface area (Å²) in [6.07, 6.45) is 0. The van der Waals surface area contributed by atoms with Crippen molar-refractivity contribution >= 4 is 22.3 Å². The quantitative estimate of drug-likeness (QED) is 0.437. The Morgan fingerprint density at radius 2 is 1.75 bits per heavy atom. The molecule has 0 bridgehead atoms. The molecule has 3 rings (SSSR count). The van der Waals surface area contributed by atoms with Crippen LogP contribution in [0.5, 0.6) is 0 Å². The van der Waals surface area contributed by atoms with Crippen molar-refractivity contribution < 1.29 is 4.92 Å². The number of aromatic nitrogens is 1. The average Bonchev–Trinajstić information content (AvgIpc) is 2.46. The van der Waals surface area contributed by atoms with Crippen molar-refractivity contribution in [3.63, 3.8) is 0 Å². The number of nitrogens with zero attached hydrogens (tertiary/aromatic N) is 2. The third kappa shape index (κ3) is 2.05. The van der Waals surface area contributed by atoms with E-state index in [4.69, 9.17) is 5.73 Å². The van der Waals surface area contributed by atoms with Gasteiger partial charge in [0.2, 0.25) is 0 Å². The van der Waals surface area contributed by atoms with E-state index in [1.165, 1.54) is 6.07 Å². The summed E-state index contributed by atoms with van der Waals surface area (Å²) in [4.78, 5) is 15.3. The SMILES string of the molecule is Nc1ccc(-c2cc([N+](=O)[O-])c3ccccc3n2)cc1. The number of rotatable bonds is 2. The maximum Gasteiger partial charge on any atom is 0.280 e. The highest BCUT2D eigenvalue weighted by Gasteiger charge is 2.15. The molecule has 2 N–H and O–H groups in total. The lowest BCUT2D eigenvalue weighted by atomic mass is 10.1. The van der Waals surface area contributed by atoms with Gasteiger partial charge in [0.05, 0.1) is 21.5 Å². The Morgan fingerprint density at radius 1 is 1.05 bits per heavy atom. The Kier molecular flexibility index (Phi) is 2.80. The summed E-state index contributed by atoms with van der Waals surface area (Å²) in [7, 11) is 0. The minimum Gasteiger partial charge on any atom is -0.399 e. The van der Waals surface area contributed by atoms with Gasteiger partial charge in [-0.25, -0.2) is 4.98 Å². The van der Waals surface area contributed by atoms with Gasteiger partial charge >= 0.3 is 0 Å². The molecule has 0 saturated carbocycles. The number of hydrogen-bond acceptors (Lipinski definition) is 4. The van der Waals surface area contributed by atoms with Crippen molar-refractivity contribution in [3.05, 3.63) is 64.7 Å². The summed E-state index contributed by atoms with van der Waals surface area (Å²) in [6, 6.07) is 15.6. The molecule has 0 radical (unpaired) electrons. The number of pyridine rings is 1. The fourth-order valence-corrected chi connectivity index (χ4v) is 2.11. The van der Waals surface area contributed by atoms with Crippen LogP contribution in [0.1, 0.15) is 0 Å². The van der Waals surface area contributed by atoms with Gasteiger partial charge in [-0.1, -0.05) is 24.3 Å². The van der Waals surface area contributed by atoms with E-state index in [1.807, 2.05) is 6.07 Å². The lowest BCUT2D eigenvalue weighted by Gasteiger charge is -2.05. The normalized spacial score (nSPS) is 10.6. The van der Waals surface area contributed by atoms with Crippen LogP contribution in [0.15, 0.2) is 54.6 Å². The van der Waals surface area contributed by atoms with E-state index in [2.05, 4.69) is 4.98 Å². The third-order valence-corrected chi connectivity index (χ3v) is 3.10. The second-order valence-corrected chi connectivity index (χ2v) is 4.42. The zero-order valence-electron chi connectivity index (χ0n) is 10.5. The van der Waals surface area contributed by atoms with Crippen LogP contribution < -0.4 is 5.73 Å². The van der Waals surface area contributed by atoms with Crippen LogP contribution in [-0.2, 0) is 0 Å². The van der Waals surface area contributed by atoms with Gasteiger partial charge in [0.1, 0.15) is 0 Å². The number of nitrogens with two attached hydrogens (primary N) is 1. The molecule has 0 amide bonds. The molecule has 1 aromatic heterocycles. The fourth-order valence-electron chi connectivity index (χ4n) is 2.11. The van der Waals surface area contributed by atoms with Crippen LogP contribution in [0.4, 0.5) is 11.4 Å². The minimum atomic E-state index is -0.384. The van der Waals surface area contributed by atoms with Crippen molar-refractivity contribution in [2.75, 3.05) is 5.73 Å². The van der Waals surface area contributed by atoms with Crippen LogP contribution in [0.3, 0.4) is 0 Å². The van der Waals surface area contributed by atoms with Gasteiger partial charge < -0.3 is 5.73 Å². The molecule has 0 fully saturated rings. The summed E-state index contributed by atoms with van der Waals surface area (Å²) in [5, 5.41) is 11.7. The maximum atomic E-state index is 11.2. The van der Waals surface area contributed by atoms with Crippen molar-refractivity contribution in [2.24, 2.45) is 0 Å². The number of nitrogen functional groups attached to an aromatic ring is 1. The Labute approximate surface area is 114 Å². The zero-order valence-corrected chi connectivity index (χ0v) is 10.5. The molecule has 0 aliphatic rings. The van der Waals surface area contributed by atoms with Gasteiger partial charge in [-0.15, -0.1) is 0 Å². The van der Waals surface area contributed by atoms with Crippen LogP contribution in [-0.4, -0.2) is 9.91 Å². The molecule has 3 aromatic rings. The van der Waals surface area contributed by atoms with E-state index < -0.39 is 0 Å². The van der Waals surface area contributed by atoms with Gasteiger partial charge in [-0.2, -0.15) is 0 Å². The summed E-state index contributed by atoms with van der Waals surface area (Å²) in [5.74, 6) is 0. The first-order chi connectivity index (χ1) is 9.65. The molecular formula is C15H11N3O2. The van der Waals surface area contributed by atoms with E-state index in [0.717, 1.165) is 5.56 Å². The topological polar surface area (TPSA) is 82.0 Å². The molecule has 5 heteroatoms. The predicted molar refractivity (Wildman–Crippen MR) is 78.2 cm³/mol. The Bertz CT molecular complexity index is 798. The predicted octanol–water partition coefficient (Wildman–Crippen LogP) is 3.39. The van der Waals surface area contributed by atoms with E-state index in [9.17, 15) is 10.1 Å². The smallest absolute Gasteiger partial charge is 0.280 e. The standard InChI is InChI=1S/C15H11N3O2/c16-11-7-5-10(6-8-11)14-9-15(18(19)20)12-3-1-2-4-13(12)17-14/h1-9H,16H2. The minimum absolute atomic E-state index is 0.0578. The summed E-state index contributed by atoms with van der Waals surface area (Å²) in [5.41, 5.74) is 8.31. The van der Waals surface area contributed by atoms with E-state index >= 15 is 0 Å².